The second-order valence-corrected chi connectivity index (χ2v) is 3.97. The molecule has 1 aromatic heterocycles. The molecule has 1 N–H and O–H groups in total. The van der Waals surface area contributed by atoms with Crippen molar-refractivity contribution in [2.24, 2.45) is 0 Å². The number of halogens is 1. The fourth-order valence-corrected chi connectivity index (χ4v) is 1.22. The van der Waals surface area contributed by atoms with E-state index in [0.717, 1.165) is 5.56 Å². The normalized spacial score (nSPS) is 11.1. The van der Waals surface area contributed by atoms with E-state index in [4.69, 9.17) is 11.6 Å². The summed E-state index contributed by atoms with van der Waals surface area (Å²) < 4.78 is 0. The van der Waals surface area contributed by atoms with Gasteiger partial charge in [-0.15, -0.1) is 0 Å². The minimum absolute atomic E-state index is 0.0649. The smallest absolute Gasteiger partial charge is 0.332 e. The Balaban J connectivity index is 2.64. The van der Waals surface area contributed by atoms with Crippen LogP contribution in [0.1, 0.15) is 5.56 Å². The highest BCUT2D eigenvalue weighted by Gasteiger charge is 2.08. The fourth-order valence-electron chi connectivity index (χ4n) is 1.11. The van der Waals surface area contributed by atoms with Gasteiger partial charge in [-0.25, -0.2) is 4.98 Å². The van der Waals surface area contributed by atoms with Crippen molar-refractivity contribution in [3.63, 3.8) is 0 Å². The van der Waals surface area contributed by atoms with Gasteiger partial charge < -0.3 is 15.0 Å². The number of nitro groups is 1. The molecule has 0 saturated heterocycles. The summed E-state index contributed by atoms with van der Waals surface area (Å²) in [6.45, 7) is 0.324. The first-order valence-electron chi connectivity index (χ1n) is 4.86. The quantitative estimate of drug-likeness (QED) is 0.491. The average Bonchev–Trinajstić information content (AvgIpc) is 2.25. The van der Waals surface area contributed by atoms with Gasteiger partial charge in [0.05, 0.1) is 6.20 Å². The predicted molar refractivity (Wildman–Crippen MR) is 64.9 cm³/mol. The van der Waals surface area contributed by atoms with Gasteiger partial charge in [0.25, 0.3) is 0 Å². The molecule has 0 spiro atoms. The molecule has 0 unspecified atom stereocenters. The maximum absolute atomic E-state index is 10.7. The number of nitrogens with zero attached hydrogens (tertiary/aromatic N) is 3. The summed E-state index contributed by atoms with van der Waals surface area (Å²) in [4.78, 5) is 15.7. The van der Waals surface area contributed by atoms with Crippen LogP contribution in [0.2, 0.25) is 5.15 Å². The maximum atomic E-state index is 10.7. The molecule has 17 heavy (non-hydrogen) atoms. The summed E-state index contributed by atoms with van der Waals surface area (Å²) in [5, 5.41) is 13.8. The van der Waals surface area contributed by atoms with Crippen molar-refractivity contribution in [3.8, 4) is 0 Å². The Morgan fingerprint density at radius 1 is 1.65 bits per heavy atom. The van der Waals surface area contributed by atoms with Crippen LogP contribution in [0.3, 0.4) is 0 Å². The molecule has 0 aromatic carbocycles. The SMILES string of the molecule is CN(C)C=C(NCc1ccc(Cl)nc1)[N+](=O)[O-]. The lowest BCUT2D eigenvalue weighted by molar-refractivity contribution is -0.433. The molecule has 0 aliphatic heterocycles. The van der Waals surface area contributed by atoms with E-state index in [1.807, 2.05) is 0 Å². The van der Waals surface area contributed by atoms with Crippen LogP contribution in [-0.2, 0) is 6.54 Å². The van der Waals surface area contributed by atoms with E-state index in [0.29, 0.717) is 11.7 Å². The highest BCUT2D eigenvalue weighted by atomic mass is 35.5. The van der Waals surface area contributed by atoms with Gasteiger partial charge in [0.15, 0.2) is 0 Å². The third kappa shape index (κ3) is 4.69. The van der Waals surface area contributed by atoms with Gasteiger partial charge in [0.1, 0.15) is 11.7 Å². The van der Waals surface area contributed by atoms with Crippen LogP contribution in [-0.4, -0.2) is 28.9 Å². The molecule has 7 heteroatoms. The van der Waals surface area contributed by atoms with Crippen molar-refractivity contribution >= 4 is 11.6 Å². The van der Waals surface area contributed by atoms with E-state index in [-0.39, 0.29) is 5.82 Å². The largest absolute Gasteiger partial charge is 0.377 e. The van der Waals surface area contributed by atoms with Gasteiger partial charge in [0.2, 0.25) is 0 Å². The van der Waals surface area contributed by atoms with Crippen LogP contribution in [0.25, 0.3) is 0 Å². The van der Waals surface area contributed by atoms with E-state index in [1.54, 1.807) is 37.3 Å². The standard InChI is InChI=1S/C10H13ClN4O2/c1-14(2)7-10(15(16)17)13-6-8-3-4-9(11)12-5-8/h3-5,7,13H,6H2,1-2H3. The molecule has 0 radical (unpaired) electrons. The van der Waals surface area contributed by atoms with E-state index in [9.17, 15) is 10.1 Å². The third-order valence-electron chi connectivity index (χ3n) is 1.84. The van der Waals surface area contributed by atoms with Gasteiger partial charge in [-0.2, -0.15) is 0 Å². The molecule has 0 aliphatic carbocycles. The first kappa shape index (κ1) is 13.2. The minimum Gasteiger partial charge on any atom is -0.377 e. The molecule has 92 valence electrons. The van der Waals surface area contributed by atoms with Crippen molar-refractivity contribution in [2.75, 3.05) is 14.1 Å². The molecule has 6 nitrogen and oxygen atoms in total. The molecule has 1 heterocycles. The van der Waals surface area contributed by atoms with E-state index < -0.39 is 4.92 Å². The third-order valence-corrected chi connectivity index (χ3v) is 2.06. The van der Waals surface area contributed by atoms with Crippen molar-refractivity contribution in [3.05, 3.63) is 51.2 Å². The van der Waals surface area contributed by atoms with Gasteiger partial charge >= 0.3 is 5.82 Å². The molecule has 0 amide bonds. The Morgan fingerprint density at radius 2 is 2.35 bits per heavy atom. The van der Waals surface area contributed by atoms with Crippen molar-refractivity contribution in [1.82, 2.24) is 15.2 Å². The maximum Gasteiger partial charge on any atom is 0.332 e. The Morgan fingerprint density at radius 3 is 2.82 bits per heavy atom. The Hall–Kier alpha value is -1.82. The van der Waals surface area contributed by atoms with Gasteiger partial charge in [-0.1, -0.05) is 17.7 Å². The lowest BCUT2D eigenvalue weighted by Gasteiger charge is -2.07. The first-order valence-corrected chi connectivity index (χ1v) is 5.24. The number of aromatic nitrogens is 1. The zero-order chi connectivity index (χ0) is 12.8. The molecular weight excluding hydrogens is 244 g/mol. The van der Waals surface area contributed by atoms with Crippen molar-refractivity contribution in [2.45, 2.75) is 6.54 Å². The molecule has 0 saturated carbocycles. The molecule has 1 rings (SSSR count). The molecule has 0 fully saturated rings. The number of nitrogens with one attached hydrogen (secondary N) is 1. The van der Waals surface area contributed by atoms with Crippen molar-refractivity contribution in [1.29, 1.82) is 0 Å². The Kier molecular flexibility index (Phi) is 4.71. The molecular formula is C10H13ClN4O2. The number of hydrogen-bond donors (Lipinski definition) is 1. The van der Waals surface area contributed by atoms with Crippen LogP contribution < -0.4 is 5.32 Å². The van der Waals surface area contributed by atoms with E-state index in [1.165, 1.54) is 6.20 Å². The van der Waals surface area contributed by atoms with Crippen molar-refractivity contribution < 1.29 is 4.92 Å². The Bertz CT molecular complexity index is 417. The summed E-state index contributed by atoms with van der Waals surface area (Å²) in [6, 6.07) is 3.40. The lowest BCUT2D eigenvalue weighted by atomic mass is 10.3. The summed E-state index contributed by atoms with van der Waals surface area (Å²) >= 11 is 5.64. The number of pyridine rings is 1. The first-order chi connectivity index (χ1) is 7.99. The molecule has 0 aliphatic rings. The number of rotatable bonds is 5. The second kappa shape index (κ2) is 6.05. The highest BCUT2D eigenvalue weighted by molar-refractivity contribution is 6.29. The molecule has 0 atom stereocenters. The van der Waals surface area contributed by atoms with E-state index >= 15 is 0 Å². The second-order valence-electron chi connectivity index (χ2n) is 3.58. The van der Waals surface area contributed by atoms with Gasteiger partial charge in [-0.3, -0.25) is 5.32 Å². The fraction of sp³-hybridized carbons (Fsp3) is 0.300. The average molecular weight is 257 g/mol. The van der Waals surface area contributed by atoms with Crippen LogP contribution in [0.4, 0.5) is 0 Å². The van der Waals surface area contributed by atoms with Gasteiger partial charge in [-0.05, 0) is 11.0 Å². The topological polar surface area (TPSA) is 71.3 Å². The predicted octanol–water partition coefficient (Wildman–Crippen LogP) is 1.46. The highest BCUT2D eigenvalue weighted by Crippen LogP contribution is 2.05. The monoisotopic (exact) mass is 256 g/mol. The van der Waals surface area contributed by atoms with Crippen LogP contribution in [0, 0.1) is 10.1 Å². The summed E-state index contributed by atoms with van der Waals surface area (Å²) in [5.41, 5.74) is 0.820. The molecule has 1 aromatic rings. The zero-order valence-corrected chi connectivity index (χ0v) is 10.3. The van der Waals surface area contributed by atoms with Crippen LogP contribution >= 0.6 is 11.6 Å². The molecule has 0 bridgehead atoms. The Labute approximate surface area is 104 Å². The number of hydrogen-bond acceptors (Lipinski definition) is 5. The summed E-state index contributed by atoms with van der Waals surface area (Å²) in [6.07, 6.45) is 2.98. The van der Waals surface area contributed by atoms with E-state index in [2.05, 4.69) is 10.3 Å². The van der Waals surface area contributed by atoms with Gasteiger partial charge in [0, 0.05) is 25.9 Å². The summed E-state index contributed by atoms with van der Waals surface area (Å²) in [5.74, 6) is -0.0649. The minimum atomic E-state index is -0.469. The van der Waals surface area contributed by atoms with Crippen LogP contribution in [0.15, 0.2) is 30.4 Å². The summed E-state index contributed by atoms with van der Waals surface area (Å²) in [7, 11) is 3.43. The van der Waals surface area contributed by atoms with Crippen LogP contribution in [0.5, 0.6) is 0 Å². The lowest BCUT2D eigenvalue weighted by Crippen LogP contribution is -2.22. The zero-order valence-electron chi connectivity index (χ0n) is 9.55.